The minimum Gasteiger partial charge on any atom is -0.253 e. The first-order chi connectivity index (χ1) is 20.2. The van der Waals surface area contributed by atoms with Gasteiger partial charge in [-0.05, 0) is 41.3 Å². The molecule has 4 heteroatoms. The second kappa shape index (κ2) is 10.6. The lowest BCUT2D eigenvalue weighted by atomic mass is 9.97. The number of aryl methyl sites for hydroxylation is 1. The highest BCUT2D eigenvalue weighted by atomic mass is 15.0. The lowest BCUT2D eigenvalue weighted by Gasteiger charge is -2.10. The van der Waals surface area contributed by atoms with Gasteiger partial charge in [-0.3, -0.25) is 4.98 Å². The molecule has 0 aliphatic rings. The fourth-order valence-corrected chi connectivity index (χ4v) is 5.10. The molecule has 0 saturated heterocycles. The van der Waals surface area contributed by atoms with E-state index in [4.69, 9.17) is 19.9 Å². The molecule has 0 aliphatic carbocycles. The predicted octanol–water partition coefficient (Wildman–Crippen LogP) is 9.06. The maximum atomic E-state index is 4.85. The number of nitrogens with zero attached hydrogens (tertiary/aromatic N) is 4. The molecule has 0 unspecified atom stereocenters. The Kier molecular flexibility index (Phi) is 6.34. The second-order valence-electron chi connectivity index (χ2n) is 10.0. The first-order valence-electron chi connectivity index (χ1n) is 13.7. The molecule has 7 aromatic rings. The second-order valence-corrected chi connectivity index (χ2v) is 10.0. The van der Waals surface area contributed by atoms with Crippen molar-refractivity contribution >= 4 is 10.9 Å². The Balaban J connectivity index is 1.21. The van der Waals surface area contributed by atoms with Gasteiger partial charge in [0.25, 0.3) is 0 Å². The third-order valence-electron chi connectivity index (χ3n) is 7.24. The maximum Gasteiger partial charge on any atom is 0.164 e. The number of fused-ring (bicyclic) bond motifs is 1. The molecule has 41 heavy (non-hydrogen) atoms. The molecule has 5 aromatic carbocycles. The van der Waals surface area contributed by atoms with Crippen LogP contribution in [0.4, 0.5) is 0 Å². The van der Waals surface area contributed by atoms with Crippen molar-refractivity contribution in [2.45, 2.75) is 6.92 Å². The molecule has 0 atom stereocenters. The molecule has 0 aliphatic heterocycles. The molecule has 194 valence electrons. The normalized spacial score (nSPS) is 11.0. The monoisotopic (exact) mass is 526 g/mol. The largest absolute Gasteiger partial charge is 0.253 e. The molecule has 4 nitrogen and oxygen atoms in total. The maximum absolute atomic E-state index is 4.85. The zero-order valence-corrected chi connectivity index (χ0v) is 22.6. The Hall–Kier alpha value is -5.48. The average Bonchev–Trinajstić information content (AvgIpc) is 3.05. The van der Waals surface area contributed by atoms with Crippen molar-refractivity contribution in [3.63, 3.8) is 0 Å². The van der Waals surface area contributed by atoms with E-state index in [-0.39, 0.29) is 0 Å². The van der Waals surface area contributed by atoms with Crippen molar-refractivity contribution in [2.75, 3.05) is 0 Å². The van der Waals surface area contributed by atoms with E-state index in [1.54, 1.807) is 0 Å². The van der Waals surface area contributed by atoms with Gasteiger partial charge >= 0.3 is 0 Å². The fraction of sp³-hybridized carbons (Fsp3) is 0.0270. The lowest BCUT2D eigenvalue weighted by molar-refractivity contribution is 1.07. The number of hydrogen-bond donors (Lipinski definition) is 0. The highest BCUT2D eigenvalue weighted by Gasteiger charge is 2.12. The van der Waals surface area contributed by atoms with Gasteiger partial charge in [0.15, 0.2) is 17.5 Å². The molecule has 2 heterocycles. The minimum absolute atomic E-state index is 0.652. The molecule has 0 saturated carbocycles. The van der Waals surface area contributed by atoms with E-state index in [0.717, 1.165) is 44.4 Å². The number of rotatable bonds is 5. The Morgan fingerprint density at radius 2 is 0.805 bits per heavy atom. The van der Waals surface area contributed by atoms with Gasteiger partial charge in [-0.1, -0.05) is 127 Å². The standard InChI is InChI=1S/C37H26N4/c1-25-15-24-33-32(13-8-14-34(33)38-25)28-20-16-26(17-21-28)27-18-22-31(23-19-27)37-40-35(29-9-4-2-5-10-29)39-36(41-37)30-11-6-3-7-12-30/h2-24H,1H3. The summed E-state index contributed by atoms with van der Waals surface area (Å²) < 4.78 is 0. The fourth-order valence-electron chi connectivity index (χ4n) is 5.10. The van der Waals surface area contributed by atoms with Gasteiger partial charge in [0.05, 0.1) is 5.52 Å². The van der Waals surface area contributed by atoms with Gasteiger partial charge in [-0.15, -0.1) is 0 Å². The summed E-state index contributed by atoms with van der Waals surface area (Å²) in [6.07, 6.45) is 0. The summed E-state index contributed by atoms with van der Waals surface area (Å²) in [6.45, 7) is 2.03. The molecule has 0 N–H and O–H groups in total. The Morgan fingerprint density at radius 1 is 0.341 bits per heavy atom. The van der Waals surface area contributed by atoms with Gasteiger partial charge < -0.3 is 0 Å². The number of aromatic nitrogens is 4. The van der Waals surface area contributed by atoms with Crippen LogP contribution in [0.15, 0.2) is 140 Å². The Labute approximate surface area is 239 Å². The van der Waals surface area contributed by atoms with Crippen LogP contribution in [-0.2, 0) is 0 Å². The van der Waals surface area contributed by atoms with Gasteiger partial charge in [0.2, 0.25) is 0 Å². The van der Waals surface area contributed by atoms with Crippen LogP contribution in [0, 0.1) is 6.92 Å². The average molecular weight is 527 g/mol. The lowest BCUT2D eigenvalue weighted by Crippen LogP contribution is -2.00. The summed E-state index contributed by atoms with van der Waals surface area (Å²) in [4.78, 5) is 19.2. The van der Waals surface area contributed by atoms with Crippen molar-refractivity contribution in [2.24, 2.45) is 0 Å². The van der Waals surface area contributed by atoms with Crippen LogP contribution in [0.3, 0.4) is 0 Å². The molecule has 0 fully saturated rings. The summed E-state index contributed by atoms with van der Waals surface area (Å²) in [5, 5.41) is 1.16. The van der Waals surface area contributed by atoms with Crippen LogP contribution in [0.2, 0.25) is 0 Å². The highest BCUT2D eigenvalue weighted by Crippen LogP contribution is 2.31. The first kappa shape index (κ1) is 24.6. The molecular weight excluding hydrogens is 500 g/mol. The number of benzene rings is 5. The molecule has 0 amide bonds. The van der Waals surface area contributed by atoms with Crippen LogP contribution in [0.1, 0.15) is 5.69 Å². The zero-order chi connectivity index (χ0) is 27.6. The SMILES string of the molecule is Cc1ccc2c(-c3ccc(-c4ccc(-c5nc(-c6ccccc6)nc(-c6ccccc6)n5)cc4)cc3)cccc2n1. The van der Waals surface area contributed by atoms with Crippen LogP contribution in [-0.4, -0.2) is 19.9 Å². The van der Waals surface area contributed by atoms with Crippen molar-refractivity contribution in [3.05, 3.63) is 145 Å². The minimum atomic E-state index is 0.652. The molecule has 7 rings (SSSR count). The van der Waals surface area contributed by atoms with Crippen molar-refractivity contribution in [1.29, 1.82) is 0 Å². The van der Waals surface area contributed by atoms with E-state index in [2.05, 4.69) is 78.9 Å². The van der Waals surface area contributed by atoms with Crippen LogP contribution in [0.25, 0.3) is 67.3 Å². The topological polar surface area (TPSA) is 51.6 Å². The van der Waals surface area contributed by atoms with Crippen LogP contribution >= 0.6 is 0 Å². The van der Waals surface area contributed by atoms with Crippen molar-refractivity contribution < 1.29 is 0 Å². The molecule has 2 aromatic heterocycles. The molecular formula is C37H26N4. The first-order valence-corrected chi connectivity index (χ1v) is 13.7. The quantitative estimate of drug-likeness (QED) is 0.224. The van der Waals surface area contributed by atoms with E-state index in [9.17, 15) is 0 Å². The van der Waals surface area contributed by atoms with Crippen LogP contribution in [0.5, 0.6) is 0 Å². The summed E-state index contributed by atoms with van der Waals surface area (Å²) in [5.74, 6) is 1.97. The Morgan fingerprint density at radius 3 is 1.34 bits per heavy atom. The van der Waals surface area contributed by atoms with Crippen molar-refractivity contribution in [1.82, 2.24) is 19.9 Å². The van der Waals surface area contributed by atoms with E-state index in [1.807, 2.05) is 67.6 Å². The molecule has 0 spiro atoms. The van der Waals surface area contributed by atoms with Gasteiger partial charge in [-0.2, -0.15) is 0 Å². The van der Waals surface area contributed by atoms with E-state index >= 15 is 0 Å². The third-order valence-corrected chi connectivity index (χ3v) is 7.24. The van der Waals surface area contributed by atoms with E-state index in [1.165, 1.54) is 11.1 Å². The van der Waals surface area contributed by atoms with Crippen molar-refractivity contribution in [3.8, 4) is 56.4 Å². The van der Waals surface area contributed by atoms with Crippen LogP contribution < -0.4 is 0 Å². The van der Waals surface area contributed by atoms with Gasteiger partial charge in [0.1, 0.15) is 0 Å². The number of hydrogen-bond acceptors (Lipinski definition) is 4. The molecule has 0 radical (unpaired) electrons. The summed E-state index contributed by atoms with van der Waals surface area (Å²) in [5.41, 5.74) is 9.56. The highest BCUT2D eigenvalue weighted by molar-refractivity contribution is 5.95. The van der Waals surface area contributed by atoms with Gasteiger partial charge in [0, 0.05) is 27.8 Å². The van der Waals surface area contributed by atoms with Gasteiger partial charge in [-0.25, -0.2) is 15.0 Å². The summed E-state index contributed by atoms with van der Waals surface area (Å²) in [6, 6.07) is 47.8. The summed E-state index contributed by atoms with van der Waals surface area (Å²) in [7, 11) is 0. The molecule has 0 bridgehead atoms. The third kappa shape index (κ3) is 4.99. The predicted molar refractivity (Wildman–Crippen MR) is 167 cm³/mol. The Bertz CT molecular complexity index is 1910. The van der Waals surface area contributed by atoms with E-state index < -0.39 is 0 Å². The summed E-state index contributed by atoms with van der Waals surface area (Å²) >= 11 is 0. The van der Waals surface area contributed by atoms with E-state index in [0.29, 0.717) is 17.5 Å². The smallest absolute Gasteiger partial charge is 0.164 e. The zero-order valence-electron chi connectivity index (χ0n) is 22.6. The number of pyridine rings is 1.